The molecule has 2 saturated carbocycles. The molecule has 2 aliphatic rings. The highest BCUT2D eigenvalue weighted by atomic mass is 32.2. The number of thiophene rings is 1. The van der Waals surface area contributed by atoms with Gasteiger partial charge in [-0.25, -0.2) is 9.97 Å². The lowest BCUT2D eigenvalue weighted by Gasteiger charge is -2.35. The summed E-state index contributed by atoms with van der Waals surface area (Å²) in [5, 5.41) is 19.2. The number of nitrogens with zero attached hydrogens (tertiary/aromatic N) is 2. The molecule has 31 heavy (non-hydrogen) atoms. The van der Waals surface area contributed by atoms with Crippen LogP contribution in [-0.2, 0) is 4.79 Å². The molecule has 156 valence electrons. The molecular weight excluding hydrogens is 426 g/mol. The number of hydrogen-bond acceptors (Lipinski definition) is 6. The third-order valence-electron chi connectivity index (χ3n) is 6.37. The summed E-state index contributed by atoms with van der Waals surface area (Å²) in [5.41, 5.74) is 2.44. The fourth-order valence-corrected chi connectivity index (χ4v) is 6.34. The largest absolute Gasteiger partial charge is 0.480 e. The van der Waals surface area contributed by atoms with Crippen LogP contribution in [0.25, 0.3) is 21.0 Å². The predicted molar refractivity (Wildman–Crippen MR) is 127 cm³/mol. The van der Waals surface area contributed by atoms with Gasteiger partial charge in [0.1, 0.15) is 15.4 Å². The van der Waals surface area contributed by atoms with Gasteiger partial charge < -0.3 is 10.4 Å². The summed E-state index contributed by atoms with van der Waals surface area (Å²) in [6, 6.07) is 14.9. The number of aromatic nitrogens is 2. The first kappa shape index (κ1) is 19.1. The van der Waals surface area contributed by atoms with E-state index in [1.54, 1.807) is 11.3 Å². The summed E-state index contributed by atoms with van der Waals surface area (Å²) < 4.78 is -0.791. The van der Waals surface area contributed by atoms with Crippen LogP contribution < -0.4 is 5.32 Å². The van der Waals surface area contributed by atoms with E-state index in [2.05, 4.69) is 46.7 Å². The number of hydrogen-bond donors (Lipinski definition) is 2. The Balaban J connectivity index is 1.42. The number of nitrogens with one attached hydrogen (secondary N) is 1. The normalized spacial score (nSPS) is 17.5. The summed E-state index contributed by atoms with van der Waals surface area (Å²) in [6.07, 6.45) is 4.79. The second-order valence-corrected chi connectivity index (χ2v) is 10.6. The van der Waals surface area contributed by atoms with Crippen molar-refractivity contribution in [3.05, 3.63) is 53.4 Å². The minimum absolute atomic E-state index is 0.526. The maximum absolute atomic E-state index is 11.8. The van der Waals surface area contributed by atoms with Crippen molar-refractivity contribution in [1.82, 2.24) is 9.97 Å². The van der Waals surface area contributed by atoms with E-state index in [1.807, 2.05) is 11.4 Å². The molecule has 0 spiro atoms. The van der Waals surface area contributed by atoms with Gasteiger partial charge in [-0.3, -0.25) is 4.79 Å². The van der Waals surface area contributed by atoms with Gasteiger partial charge in [0, 0.05) is 11.1 Å². The van der Waals surface area contributed by atoms with Crippen molar-refractivity contribution in [3.63, 3.8) is 0 Å². The van der Waals surface area contributed by atoms with E-state index in [-0.39, 0.29) is 0 Å². The molecule has 2 aliphatic carbocycles. The molecule has 6 rings (SSSR count). The molecule has 0 saturated heterocycles. The van der Waals surface area contributed by atoms with E-state index < -0.39 is 10.7 Å². The first-order chi connectivity index (χ1) is 15.1. The molecule has 0 bridgehead atoms. The Morgan fingerprint density at radius 3 is 2.58 bits per heavy atom. The number of rotatable bonds is 6. The Labute approximate surface area is 187 Å². The highest BCUT2D eigenvalue weighted by Gasteiger charge is 2.46. The molecule has 2 aromatic carbocycles. The predicted octanol–water partition coefficient (Wildman–Crippen LogP) is 6.56. The number of thioether (sulfide) groups is 1. The van der Waals surface area contributed by atoms with Gasteiger partial charge in [-0.2, -0.15) is 0 Å². The lowest BCUT2D eigenvalue weighted by atomic mass is 9.84. The van der Waals surface area contributed by atoms with Crippen LogP contribution in [0.5, 0.6) is 0 Å². The third kappa shape index (κ3) is 3.27. The number of benzene rings is 2. The number of carboxylic acid groups (broad SMARTS) is 1. The second-order valence-electron chi connectivity index (χ2n) is 8.40. The van der Waals surface area contributed by atoms with E-state index in [0.717, 1.165) is 28.1 Å². The fourth-order valence-electron chi connectivity index (χ4n) is 4.32. The summed E-state index contributed by atoms with van der Waals surface area (Å²) in [7, 11) is 0. The Morgan fingerprint density at radius 2 is 1.87 bits per heavy atom. The fraction of sp³-hybridized carbons (Fsp3) is 0.292. The molecule has 2 fully saturated rings. The molecular formula is C24H21N3O2S2. The molecule has 4 aromatic rings. The van der Waals surface area contributed by atoms with Crippen molar-refractivity contribution < 1.29 is 9.90 Å². The van der Waals surface area contributed by atoms with Crippen molar-refractivity contribution in [3.8, 4) is 0 Å². The first-order valence-electron chi connectivity index (χ1n) is 10.6. The smallest absolute Gasteiger partial charge is 0.320 e. The Hall–Kier alpha value is -2.64. The quantitative estimate of drug-likeness (QED) is 0.326. The zero-order chi connectivity index (χ0) is 21.0. The monoisotopic (exact) mass is 447 g/mol. The van der Waals surface area contributed by atoms with E-state index in [9.17, 15) is 9.90 Å². The minimum atomic E-state index is -0.791. The number of fused-ring (bicyclic) bond motifs is 2. The standard InChI is InChI=1S/C24H21N3O2S2/c28-22(29)24(11-3-12-24)31-23-26-20(18-10-13-30-21(18)27-23)25-19-9-8-15(14-6-7-14)16-4-1-2-5-17(16)19/h1-2,4-5,8-10,13-14H,3,6-7,11-12H2,(H,28,29)(H,25,26,27). The number of aliphatic carboxylic acids is 1. The molecule has 5 nitrogen and oxygen atoms in total. The lowest BCUT2D eigenvalue weighted by molar-refractivity contribution is -0.142. The highest BCUT2D eigenvalue weighted by molar-refractivity contribution is 8.01. The average Bonchev–Trinajstić information content (AvgIpc) is 3.47. The van der Waals surface area contributed by atoms with Crippen LogP contribution in [0.4, 0.5) is 11.5 Å². The van der Waals surface area contributed by atoms with Crippen LogP contribution >= 0.6 is 23.1 Å². The van der Waals surface area contributed by atoms with Crippen LogP contribution in [-0.4, -0.2) is 25.8 Å². The van der Waals surface area contributed by atoms with Crippen molar-refractivity contribution in [2.24, 2.45) is 0 Å². The number of anilines is 2. The van der Waals surface area contributed by atoms with Gasteiger partial charge in [0.15, 0.2) is 5.16 Å². The Bertz CT molecular complexity index is 1330. The molecule has 2 heterocycles. The van der Waals surface area contributed by atoms with Crippen LogP contribution in [0.15, 0.2) is 53.0 Å². The van der Waals surface area contributed by atoms with Crippen LogP contribution in [0.2, 0.25) is 0 Å². The zero-order valence-electron chi connectivity index (χ0n) is 16.8. The van der Waals surface area contributed by atoms with Crippen molar-refractivity contribution in [1.29, 1.82) is 0 Å². The molecule has 0 aliphatic heterocycles. The average molecular weight is 448 g/mol. The van der Waals surface area contributed by atoms with Gasteiger partial charge in [-0.15, -0.1) is 11.3 Å². The molecule has 0 atom stereocenters. The van der Waals surface area contributed by atoms with Gasteiger partial charge in [0.2, 0.25) is 0 Å². The van der Waals surface area contributed by atoms with Crippen LogP contribution in [0.1, 0.15) is 43.6 Å². The van der Waals surface area contributed by atoms with E-state index in [0.29, 0.717) is 23.9 Å². The first-order valence-corrected chi connectivity index (χ1v) is 12.3. The maximum Gasteiger partial charge on any atom is 0.320 e. The highest BCUT2D eigenvalue weighted by Crippen LogP contribution is 2.48. The Morgan fingerprint density at radius 1 is 1.06 bits per heavy atom. The third-order valence-corrected chi connectivity index (χ3v) is 8.52. The van der Waals surface area contributed by atoms with Gasteiger partial charge in [0.25, 0.3) is 0 Å². The molecule has 7 heteroatoms. The molecule has 0 radical (unpaired) electrons. The molecule has 0 amide bonds. The van der Waals surface area contributed by atoms with Gasteiger partial charge in [-0.1, -0.05) is 42.1 Å². The second kappa shape index (κ2) is 7.21. The van der Waals surface area contributed by atoms with E-state index in [1.165, 1.54) is 40.9 Å². The van der Waals surface area contributed by atoms with Gasteiger partial charge in [0.05, 0.1) is 5.39 Å². The summed E-state index contributed by atoms with van der Waals surface area (Å²) >= 11 is 2.84. The Kier molecular flexibility index (Phi) is 4.43. The zero-order valence-corrected chi connectivity index (χ0v) is 18.4. The van der Waals surface area contributed by atoms with Crippen LogP contribution in [0.3, 0.4) is 0 Å². The molecule has 2 aromatic heterocycles. The van der Waals surface area contributed by atoms with Gasteiger partial charge >= 0.3 is 5.97 Å². The van der Waals surface area contributed by atoms with E-state index >= 15 is 0 Å². The van der Waals surface area contributed by atoms with Crippen molar-refractivity contribution >= 4 is 61.6 Å². The SMILES string of the molecule is O=C(O)C1(Sc2nc(Nc3ccc(C4CC4)c4ccccc34)c3ccsc3n2)CCC1. The lowest BCUT2D eigenvalue weighted by Crippen LogP contribution is -2.42. The molecule has 0 unspecified atom stereocenters. The van der Waals surface area contributed by atoms with E-state index in [4.69, 9.17) is 4.98 Å². The molecule has 2 N–H and O–H groups in total. The van der Waals surface area contributed by atoms with Crippen LogP contribution in [0, 0.1) is 0 Å². The minimum Gasteiger partial charge on any atom is -0.480 e. The summed E-state index contributed by atoms with van der Waals surface area (Å²) in [6.45, 7) is 0. The van der Waals surface area contributed by atoms with Gasteiger partial charge in [-0.05, 0) is 66.5 Å². The topological polar surface area (TPSA) is 75.1 Å². The summed E-state index contributed by atoms with van der Waals surface area (Å²) in [4.78, 5) is 22.2. The number of carbonyl (C=O) groups is 1. The maximum atomic E-state index is 11.8. The van der Waals surface area contributed by atoms with Crippen molar-refractivity contribution in [2.75, 3.05) is 5.32 Å². The summed E-state index contributed by atoms with van der Waals surface area (Å²) in [5.74, 6) is 0.645. The number of carboxylic acids is 1. The van der Waals surface area contributed by atoms with Crippen molar-refractivity contribution in [2.45, 2.75) is 47.9 Å².